The average molecular weight is 345 g/mol. The molecule has 1 saturated heterocycles. The fourth-order valence-electron chi connectivity index (χ4n) is 4.06. The van der Waals surface area contributed by atoms with Gasteiger partial charge < -0.3 is 15.7 Å². The molecule has 0 aromatic heterocycles. The third-order valence-corrected chi connectivity index (χ3v) is 5.32. The standard InChI is InChI=1S/C18H23N3O4/c1-18(2)20-10-12-6-4-3-5-11(12)9-14(20)16(23)21(18)13(17(24)25)7-8-15(19)22/h3-6,13-14H,7-10H2,1-2H3,(H2,19,22)(H,24,25)/t13-,14-/m0/s1. The van der Waals surface area contributed by atoms with Gasteiger partial charge in [-0.2, -0.15) is 0 Å². The van der Waals surface area contributed by atoms with Gasteiger partial charge in [0, 0.05) is 13.0 Å². The number of aliphatic carboxylic acids is 1. The maximum atomic E-state index is 13.1. The van der Waals surface area contributed by atoms with E-state index in [1.54, 1.807) is 0 Å². The van der Waals surface area contributed by atoms with E-state index in [1.165, 1.54) is 4.90 Å². The van der Waals surface area contributed by atoms with Crippen molar-refractivity contribution in [2.45, 2.75) is 57.4 Å². The minimum atomic E-state index is -1.11. The lowest BCUT2D eigenvalue weighted by Crippen LogP contribution is -2.56. The minimum absolute atomic E-state index is 0.0212. The predicted molar refractivity (Wildman–Crippen MR) is 90.3 cm³/mol. The van der Waals surface area contributed by atoms with E-state index in [0.717, 1.165) is 11.1 Å². The molecule has 2 amide bonds. The van der Waals surface area contributed by atoms with E-state index in [1.807, 2.05) is 38.1 Å². The van der Waals surface area contributed by atoms with Crippen molar-refractivity contribution in [3.05, 3.63) is 35.4 Å². The number of benzene rings is 1. The van der Waals surface area contributed by atoms with E-state index in [-0.39, 0.29) is 24.8 Å². The molecule has 134 valence electrons. The molecule has 2 heterocycles. The number of carboxylic acids is 1. The van der Waals surface area contributed by atoms with E-state index in [9.17, 15) is 19.5 Å². The van der Waals surface area contributed by atoms with Crippen LogP contribution in [0.15, 0.2) is 24.3 Å². The number of nitrogens with two attached hydrogens (primary N) is 1. The van der Waals surface area contributed by atoms with Gasteiger partial charge in [0.2, 0.25) is 11.8 Å². The van der Waals surface area contributed by atoms with Crippen molar-refractivity contribution >= 4 is 17.8 Å². The second-order valence-corrected chi connectivity index (χ2v) is 7.18. The van der Waals surface area contributed by atoms with Crippen LogP contribution in [-0.2, 0) is 27.3 Å². The summed E-state index contributed by atoms with van der Waals surface area (Å²) < 4.78 is 0. The van der Waals surface area contributed by atoms with Crippen LogP contribution in [0.5, 0.6) is 0 Å². The van der Waals surface area contributed by atoms with Crippen molar-refractivity contribution in [2.75, 3.05) is 0 Å². The largest absolute Gasteiger partial charge is 0.480 e. The molecule has 0 radical (unpaired) electrons. The van der Waals surface area contributed by atoms with E-state index in [4.69, 9.17) is 5.73 Å². The summed E-state index contributed by atoms with van der Waals surface area (Å²) in [6, 6.07) is 6.52. The van der Waals surface area contributed by atoms with Gasteiger partial charge in [-0.3, -0.25) is 14.5 Å². The molecule has 0 aliphatic carbocycles. The molecule has 2 aliphatic rings. The predicted octanol–water partition coefficient (Wildman–Crippen LogP) is 0.710. The Morgan fingerprint density at radius 3 is 2.56 bits per heavy atom. The number of carboxylic acid groups (broad SMARTS) is 1. The Kier molecular flexibility index (Phi) is 4.28. The molecule has 2 atom stereocenters. The number of hydrogen-bond donors (Lipinski definition) is 2. The first kappa shape index (κ1) is 17.4. The number of nitrogens with zero attached hydrogens (tertiary/aromatic N) is 2. The van der Waals surface area contributed by atoms with Crippen LogP contribution in [0.3, 0.4) is 0 Å². The number of amides is 2. The normalized spacial score (nSPS) is 23.0. The van der Waals surface area contributed by atoms with Gasteiger partial charge in [0.15, 0.2) is 0 Å². The summed E-state index contributed by atoms with van der Waals surface area (Å²) >= 11 is 0. The zero-order chi connectivity index (χ0) is 18.4. The summed E-state index contributed by atoms with van der Waals surface area (Å²) in [7, 11) is 0. The first-order valence-corrected chi connectivity index (χ1v) is 8.41. The third kappa shape index (κ3) is 2.89. The number of rotatable bonds is 5. The smallest absolute Gasteiger partial charge is 0.326 e. The Hall–Kier alpha value is -2.41. The van der Waals surface area contributed by atoms with Crippen LogP contribution in [0.1, 0.15) is 37.8 Å². The Balaban J connectivity index is 1.93. The van der Waals surface area contributed by atoms with Crippen LogP contribution in [0.4, 0.5) is 0 Å². The van der Waals surface area contributed by atoms with Gasteiger partial charge in [-0.05, 0) is 37.8 Å². The zero-order valence-corrected chi connectivity index (χ0v) is 14.4. The molecule has 7 heteroatoms. The summed E-state index contributed by atoms with van der Waals surface area (Å²) in [5.74, 6) is -1.88. The third-order valence-electron chi connectivity index (χ3n) is 5.32. The molecule has 1 fully saturated rings. The quantitative estimate of drug-likeness (QED) is 0.818. The monoisotopic (exact) mass is 345 g/mol. The Bertz CT molecular complexity index is 731. The van der Waals surface area contributed by atoms with E-state index in [2.05, 4.69) is 4.90 Å². The number of hydrogen-bond acceptors (Lipinski definition) is 4. The summed E-state index contributed by atoms with van der Waals surface area (Å²) in [5.41, 5.74) is 6.70. The molecule has 7 nitrogen and oxygen atoms in total. The Morgan fingerprint density at radius 1 is 1.32 bits per heavy atom. The molecule has 3 N–H and O–H groups in total. The van der Waals surface area contributed by atoms with Gasteiger partial charge in [-0.1, -0.05) is 24.3 Å². The van der Waals surface area contributed by atoms with E-state index in [0.29, 0.717) is 13.0 Å². The molecule has 1 aromatic carbocycles. The summed E-state index contributed by atoms with van der Waals surface area (Å²) in [6.45, 7) is 4.32. The molecule has 0 bridgehead atoms. The molecule has 2 aliphatic heterocycles. The van der Waals surface area contributed by atoms with Crippen molar-refractivity contribution in [1.29, 1.82) is 0 Å². The highest BCUT2D eigenvalue weighted by Crippen LogP contribution is 2.40. The van der Waals surface area contributed by atoms with Crippen LogP contribution in [0.2, 0.25) is 0 Å². The molecule has 1 aromatic rings. The van der Waals surface area contributed by atoms with Crippen molar-refractivity contribution in [3.8, 4) is 0 Å². The van der Waals surface area contributed by atoms with Crippen LogP contribution >= 0.6 is 0 Å². The highest BCUT2D eigenvalue weighted by molar-refractivity contribution is 5.90. The number of carbonyl (C=O) groups is 3. The fraction of sp³-hybridized carbons (Fsp3) is 0.500. The highest BCUT2D eigenvalue weighted by atomic mass is 16.4. The molecule has 0 spiro atoms. The van der Waals surface area contributed by atoms with Gasteiger partial charge in [0.05, 0.1) is 11.7 Å². The number of primary amides is 1. The second-order valence-electron chi connectivity index (χ2n) is 7.18. The van der Waals surface area contributed by atoms with Crippen LogP contribution in [-0.4, -0.2) is 50.4 Å². The summed E-state index contributed by atoms with van der Waals surface area (Å²) in [4.78, 5) is 39.4. The average Bonchev–Trinajstić information content (AvgIpc) is 2.73. The van der Waals surface area contributed by atoms with Crippen molar-refractivity contribution in [1.82, 2.24) is 9.80 Å². The Morgan fingerprint density at radius 2 is 1.96 bits per heavy atom. The minimum Gasteiger partial charge on any atom is -0.480 e. The lowest BCUT2D eigenvalue weighted by atomic mass is 9.94. The van der Waals surface area contributed by atoms with Crippen molar-refractivity contribution in [2.24, 2.45) is 5.73 Å². The topological polar surface area (TPSA) is 104 Å². The highest BCUT2D eigenvalue weighted by Gasteiger charge is 2.55. The van der Waals surface area contributed by atoms with Gasteiger partial charge in [0.25, 0.3) is 0 Å². The number of carbonyl (C=O) groups excluding carboxylic acids is 2. The molecule has 25 heavy (non-hydrogen) atoms. The SMILES string of the molecule is CC1(C)N2Cc3ccccc3C[C@H]2C(=O)N1[C@@H](CCC(N)=O)C(=O)O. The summed E-state index contributed by atoms with van der Waals surface area (Å²) in [5, 5.41) is 9.64. The zero-order valence-electron chi connectivity index (χ0n) is 14.4. The number of fused-ring (bicyclic) bond motifs is 2. The fourth-order valence-corrected chi connectivity index (χ4v) is 4.06. The molecular formula is C18H23N3O4. The first-order valence-electron chi connectivity index (χ1n) is 8.41. The van der Waals surface area contributed by atoms with Crippen LogP contribution < -0.4 is 5.73 Å². The van der Waals surface area contributed by atoms with Gasteiger partial charge >= 0.3 is 5.97 Å². The maximum absolute atomic E-state index is 13.1. The molecule has 0 saturated carbocycles. The van der Waals surface area contributed by atoms with E-state index < -0.39 is 23.6 Å². The van der Waals surface area contributed by atoms with Crippen LogP contribution in [0.25, 0.3) is 0 Å². The molecule has 0 unspecified atom stereocenters. The van der Waals surface area contributed by atoms with Gasteiger partial charge in [0.1, 0.15) is 6.04 Å². The van der Waals surface area contributed by atoms with E-state index >= 15 is 0 Å². The van der Waals surface area contributed by atoms with Gasteiger partial charge in [-0.15, -0.1) is 0 Å². The van der Waals surface area contributed by atoms with Crippen molar-refractivity contribution in [3.63, 3.8) is 0 Å². The molecule has 3 rings (SSSR count). The lowest BCUT2D eigenvalue weighted by Gasteiger charge is -2.42. The first-order chi connectivity index (χ1) is 11.7. The lowest BCUT2D eigenvalue weighted by molar-refractivity contribution is -0.153. The Labute approximate surface area is 146 Å². The van der Waals surface area contributed by atoms with Crippen LogP contribution in [0, 0.1) is 0 Å². The second kappa shape index (κ2) is 6.15. The maximum Gasteiger partial charge on any atom is 0.326 e. The summed E-state index contributed by atoms with van der Waals surface area (Å²) in [6.07, 6.45) is 0.520. The van der Waals surface area contributed by atoms with Crippen molar-refractivity contribution < 1.29 is 19.5 Å². The van der Waals surface area contributed by atoms with Gasteiger partial charge in [-0.25, -0.2) is 4.79 Å². The molecular weight excluding hydrogens is 322 g/mol.